The van der Waals surface area contributed by atoms with Gasteiger partial charge in [-0.25, -0.2) is 0 Å². The van der Waals surface area contributed by atoms with Crippen molar-refractivity contribution in [3.05, 3.63) is 63.6 Å². The number of nitrogens with zero attached hydrogens (tertiary/aromatic N) is 3. The van der Waals surface area contributed by atoms with Gasteiger partial charge in [0.2, 0.25) is 5.91 Å². The van der Waals surface area contributed by atoms with Gasteiger partial charge in [-0.3, -0.25) is 9.69 Å². The Labute approximate surface area is 186 Å². The number of likely N-dealkylation sites (tertiary alicyclic amines) is 1. The Kier molecular flexibility index (Phi) is 6.78. The first-order chi connectivity index (χ1) is 14.1. The van der Waals surface area contributed by atoms with Gasteiger partial charge < -0.3 is 9.80 Å². The highest BCUT2D eigenvalue weighted by atomic mass is 79.9. The third-order valence-corrected chi connectivity index (χ3v) is 6.70. The minimum absolute atomic E-state index is 0.122. The molecule has 0 bridgehead atoms. The molecular formula is C23H27BrClN3O. The van der Waals surface area contributed by atoms with Gasteiger partial charge in [0.05, 0.1) is 5.92 Å². The summed E-state index contributed by atoms with van der Waals surface area (Å²) in [6.07, 6.45) is 2.10. The number of benzene rings is 2. The zero-order valence-corrected chi connectivity index (χ0v) is 18.9. The normalized spacial score (nSPS) is 20.7. The molecule has 1 unspecified atom stereocenters. The van der Waals surface area contributed by atoms with Crippen LogP contribution in [-0.2, 0) is 11.3 Å². The second-order valence-electron chi connectivity index (χ2n) is 7.99. The van der Waals surface area contributed by atoms with Crippen LogP contribution in [0.15, 0.2) is 53.0 Å². The molecule has 0 saturated carbocycles. The summed E-state index contributed by atoms with van der Waals surface area (Å²) in [6, 6.07) is 16.5. The summed E-state index contributed by atoms with van der Waals surface area (Å²) in [5, 5.41) is 0.758. The molecule has 0 spiro atoms. The third-order valence-electron chi connectivity index (χ3n) is 5.94. The van der Waals surface area contributed by atoms with Crippen LogP contribution in [0.25, 0.3) is 0 Å². The van der Waals surface area contributed by atoms with E-state index in [0.29, 0.717) is 5.91 Å². The lowest BCUT2D eigenvalue weighted by molar-refractivity contribution is -0.137. The minimum Gasteiger partial charge on any atom is -0.368 e. The molecule has 29 heavy (non-hydrogen) atoms. The summed E-state index contributed by atoms with van der Waals surface area (Å²) in [5.41, 5.74) is 2.44. The zero-order valence-electron chi connectivity index (χ0n) is 16.6. The van der Waals surface area contributed by atoms with E-state index in [9.17, 15) is 4.79 Å². The first-order valence-electron chi connectivity index (χ1n) is 10.3. The molecular weight excluding hydrogens is 450 g/mol. The lowest BCUT2D eigenvalue weighted by Gasteiger charge is -2.39. The van der Waals surface area contributed by atoms with Gasteiger partial charge in [-0.2, -0.15) is 0 Å². The second-order valence-corrected chi connectivity index (χ2v) is 9.35. The molecule has 0 N–H and O–H groups in total. The molecule has 2 aromatic rings. The van der Waals surface area contributed by atoms with Crippen LogP contribution in [0.2, 0.25) is 5.02 Å². The van der Waals surface area contributed by atoms with Gasteiger partial charge in [0, 0.05) is 54.5 Å². The van der Waals surface area contributed by atoms with Crippen LogP contribution in [0, 0.1) is 5.92 Å². The highest BCUT2D eigenvalue weighted by molar-refractivity contribution is 9.10. The molecule has 4 rings (SSSR count). The van der Waals surface area contributed by atoms with Gasteiger partial charge in [-0.05, 0) is 55.3 Å². The standard InChI is InChI=1S/C23H27BrClN3O/c24-20-8-6-18(7-9-20)16-26-10-2-3-19(17-26)23(29)28-13-11-27(12-14-28)22-5-1-4-21(25)15-22/h1,4-9,15,19H,2-3,10-14,16-17H2. The highest BCUT2D eigenvalue weighted by Crippen LogP contribution is 2.24. The summed E-state index contributed by atoms with van der Waals surface area (Å²) in [6.45, 7) is 6.15. The first kappa shape index (κ1) is 20.7. The number of piperidine rings is 1. The van der Waals surface area contributed by atoms with Crippen molar-refractivity contribution in [2.75, 3.05) is 44.2 Å². The van der Waals surface area contributed by atoms with Crippen molar-refractivity contribution in [2.45, 2.75) is 19.4 Å². The van der Waals surface area contributed by atoms with Crippen LogP contribution in [0.1, 0.15) is 18.4 Å². The van der Waals surface area contributed by atoms with E-state index in [4.69, 9.17) is 11.6 Å². The van der Waals surface area contributed by atoms with Gasteiger partial charge >= 0.3 is 0 Å². The van der Waals surface area contributed by atoms with Crippen LogP contribution in [-0.4, -0.2) is 55.0 Å². The van der Waals surface area contributed by atoms with Gasteiger partial charge in [0.25, 0.3) is 0 Å². The molecule has 2 aromatic carbocycles. The van der Waals surface area contributed by atoms with E-state index in [1.807, 2.05) is 18.2 Å². The number of piperazine rings is 1. The molecule has 154 valence electrons. The molecule has 2 heterocycles. The van der Waals surface area contributed by atoms with E-state index in [0.717, 1.165) is 73.8 Å². The summed E-state index contributed by atoms with van der Waals surface area (Å²) < 4.78 is 1.10. The fourth-order valence-electron chi connectivity index (χ4n) is 4.36. The van der Waals surface area contributed by atoms with Gasteiger partial charge in [0.1, 0.15) is 0 Å². The maximum atomic E-state index is 13.1. The van der Waals surface area contributed by atoms with E-state index >= 15 is 0 Å². The van der Waals surface area contributed by atoms with E-state index in [2.05, 4.69) is 61.0 Å². The summed E-state index contributed by atoms with van der Waals surface area (Å²) in [7, 11) is 0. The van der Waals surface area contributed by atoms with Crippen LogP contribution < -0.4 is 4.90 Å². The smallest absolute Gasteiger partial charge is 0.227 e. The topological polar surface area (TPSA) is 26.8 Å². The van der Waals surface area contributed by atoms with Crippen molar-refractivity contribution >= 4 is 39.1 Å². The molecule has 2 saturated heterocycles. The van der Waals surface area contributed by atoms with Gasteiger partial charge in [-0.1, -0.05) is 45.7 Å². The van der Waals surface area contributed by atoms with E-state index in [-0.39, 0.29) is 5.92 Å². The maximum Gasteiger partial charge on any atom is 0.227 e. The number of rotatable bonds is 4. The first-order valence-corrected chi connectivity index (χ1v) is 11.5. The molecule has 2 aliphatic rings. The predicted octanol–water partition coefficient (Wildman–Crippen LogP) is 4.66. The van der Waals surface area contributed by atoms with Gasteiger partial charge in [0.15, 0.2) is 0 Å². The lowest BCUT2D eigenvalue weighted by Crippen LogP contribution is -2.52. The summed E-state index contributed by atoms with van der Waals surface area (Å²) in [5.74, 6) is 0.452. The largest absolute Gasteiger partial charge is 0.368 e. The molecule has 2 fully saturated rings. The molecule has 0 aliphatic carbocycles. The van der Waals surface area contributed by atoms with Gasteiger partial charge in [-0.15, -0.1) is 0 Å². The molecule has 1 atom stereocenters. The fraction of sp³-hybridized carbons (Fsp3) is 0.435. The molecule has 4 nitrogen and oxygen atoms in total. The van der Waals surface area contributed by atoms with E-state index in [1.165, 1.54) is 5.56 Å². The molecule has 0 aromatic heterocycles. The zero-order chi connectivity index (χ0) is 20.2. The summed E-state index contributed by atoms with van der Waals surface area (Å²) in [4.78, 5) is 20.0. The Morgan fingerprint density at radius 3 is 2.52 bits per heavy atom. The number of carbonyl (C=O) groups excluding carboxylic acids is 1. The Bertz CT molecular complexity index is 836. The maximum absolute atomic E-state index is 13.1. The van der Waals surface area contributed by atoms with Crippen molar-refractivity contribution in [2.24, 2.45) is 5.92 Å². The highest BCUT2D eigenvalue weighted by Gasteiger charge is 2.31. The Hall–Kier alpha value is -1.56. The second kappa shape index (κ2) is 9.50. The molecule has 0 radical (unpaired) electrons. The van der Waals surface area contributed by atoms with Crippen molar-refractivity contribution in [3.63, 3.8) is 0 Å². The van der Waals surface area contributed by atoms with Crippen molar-refractivity contribution < 1.29 is 4.79 Å². The quantitative estimate of drug-likeness (QED) is 0.642. The number of halogens is 2. The number of amides is 1. The average molecular weight is 477 g/mol. The molecule has 6 heteroatoms. The number of anilines is 1. The van der Waals surface area contributed by atoms with Crippen molar-refractivity contribution in [1.82, 2.24) is 9.80 Å². The SMILES string of the molecule is O=C(C1CCCN(Cc2ccc(Br)cc2)C1)N1CCN(c2cccc(Cl)c2)CC1. The Balaban J connectivity index is 1.30. The monoisotopic (exact) mass is 475 g/mol. The Morgan fingerprint density at radius 2 is 1.79 bits per heavy atom. The van der Waals surface area contributed by atoms with Crippen molar-refractivity contribution in [3.8, 4) is 0 Å². The Morgan fingerprint density at radius 1 is 1.03 bits per heavy atom. The lowest BCUT2D eigenvalue weighted by atomic mass is 9.95. The summed E-state index contributed by atoms with van der Waals surface area (Å²) >= 11 is 9.62. The fourth-order valence-corrected chi connectivity index (χ4v) is 4.81. The predicted molar refractivity (Wildman–Crippen MR) is 122 cm³/mol. The van der Waals surface area contributed by atoms with Crippen molar-refractivity contribution in [1.29, 1.82) is 0 Å². The minimum atomic E-state index is 0.122. The molecule has 2 aliphatic heterocycles. The van der Waals surface area contributed by atoms with E-state index in [1.54, 1.807) is 0 Å². The average Bonchev–Trinajstić information content (AvgIpc) is 2.75. The van der Waals surface area contributed by atoms with Crippen LogP contribution in [0.3, 0.4) is 0 Å². The van der Waals surface area contributed by atoms with Crippen LogP contribution in [0.4, 0.5) is 5.69 Å². The van der Waals surface area contributed by atoms with Crippen LogP contribution in [0.5, 0.6) is 0 Å². The number of hydrogen-bond donors (Lipinski definition) is 0. The van der Waals surface area contributed by atoms with Crippen LogP contribution >= 0.6 is 27.5 Å². The third kappa shape index (κ3) is 5.33. The van der Waals surface area contributed by atoms with E-state index < -0.39 is 0 Å². The number of carbonyl (C=O) groups is 1. The molecule has 1 amide bonds. The number of hydrogen-bond acceptors (Lipinski definition) is 3.